The number of nitrogens with zero attached hydrogens (tertiary/aromatic N) is 1. The molecule has 206 valence electrons. The van der Waals surface area contributed by atoms with Crippen LogP contribution in [0, 0.1) is 20.8 Å². The van der Waals surface area contributed by atoms with Crippen LogP contribution in [-0.2, 0) is 13.0 Å². The molecule has 0 fully saturated rings. The van der Waals surface area contributed by atoms with Gasteiger partial charge in [-0.1, -0.05) is 23.8 Å². The second-order valence-corrected chi connectivity index (χ2v) is 12.1. The number of ketones is 1. The quantitative estimate of drug-likeness (QED) is 0.191. The number of nitrogens with one attached hydrogen (secondary N) is 2. The summed E-state index contributed by atoms with van der Waals surface area (Å²) >= 11 is 1.29. The van der Waals surface area contributed by atoms with Gasteiger partial charge in [-0.3, -0.25) is 9.59 Å². The van der Waals surface area contributed by atoms with Gasteiger partial charge in [-0.05, 0) is 76.9 Å². The number of anilines is 1. The molecule has 4 aromatic heterocycles. The summed E-state index contributed by atoms with van der Waals surface area (Å²) < 4.78 is 11.3. The number of amides is 1. The number of hydrogen-bond donors (Lipinski definition) is 2. The summed E-state index contributed by atoms with van der Waals surface area (Å²) in [5.74, 6) is 0.903. The van der Waals surface area contributed by atoms with Gasteiger partial charge in [0.2, 0.25) is 0 Å². The van der Waals surface area contributed by atoms with E-state index in [1.54, 1.807) is 24.7 Å². The average molecular weight is 556 g/mol. The minimum absolute atomic E-state index is 0.0537. The Kier molecular flexibility index (Phi) is 7.38. The average Bonchev–Trinajstić information content (AvgIpc) is 3.65. The third-order valence-corrected chi connectivity index (χ3v) is 7.71. The van der Waals surface area contributed by atoms with Crippen LogP contribution >= 0.6 is 11.3 Å². The second-order valence-electron chi connectivity index (χ2n) is 11.1. The monoisotopic (exact) mass is 555 g/mol. The van der Waals surface area contributed by atoms with E-state index in [0.29, 0.717) is 49.1 Å². The third-order valence-electron chi connectivity index (χ3n) is 6.63. The van der Waals surface area contributed by atoms with E-state index in [1.165, 1.54) is 11.3 Å². The van der Waals surface area contributed by atoms with E-state index >= 15 is 0 Å². The summed E-state index contributed by atoms with van der Waals surface area (Å²) in [5.41, 5.74) is 5.19. The zero-order chi connectivity index (χ0) is 28.6. The third kappa shape index (κ3) is 5.58. The first-order valence-corrected chi connectivity index (χ1v) is 14.0. The molecule has 8 heteroatoms. The number of Topliss-reactive ketones (excluding diaryl/α,β-unsaturated/α-hetero) is 1. The molecule has 0 bridgehead atoms. The predicted molar refractivity (Wildman–Crippen MR) is 159 cm³/mol. The molecule has 0 atom stereocenters. The lowest BCUT2D eigenvalue weighted by Crippen LogP contribution is -2.29. The van der Waals surface area contributed by atoms with E-state index < -0.39 is 0 Å². The number of fused-ring (bicyclic) bond motifs is 1. The van der Waals surface area contributed by atoms with Crippen LogP contribution in [0.15, 0.2) is 63.8 Å². The number of aryl methyl sites for hydroxylation is 3. The number of rotatable bonds is 8. The van der Waals surface area contributed by atoms with Crippen molar-refractivity contribution in [2.75, 3.05) is 5.32 Å². The minimum Gasteiger partial charge on any atom is -0.467 e. The van der Waals surface area contributed by atoms with Crippen molar-refractivity contribution in [1.29, 1.82) is 0 Å². The summed E-state index contributed by atoms with van der Waals surface area (Å²) in [6.45, 7) is 12.2. The largest absolute Gasteiger partial charge is 0.467 e. The molecule has 7 nitrogen and oxygen atoms in total. The van der Waals surface area contributed by atoms with E-state index in [9.17, 15) is 9.59 Å². The first kappa shape index (κ1) is 27.4. The van der Waals surface area contributed by atoms with Crippen molar-refractivity contribution in [3.8, 4) is 11.3 Å². The van der Waals surface area contributed by atoms with E-state index in [1.807, 2.05) is 65.8 Å². The van der Waals surface area contributed by atoms with Gasteiger partial charge < -0.3 is 19.5 Å². The topological polar surface area (TPSA) is 97.4 Å². The number of furan rings is 2. The van der Waals surface area contributed by atoms with Gasteiger partial charge in [0, 0.05) is 22.9 Å². The highest BCUT2D eigenvalue weighted by molar-refractivity contribution is 7.21. The highest BCUT2D eigenvalue weighted by Gasteiger charge is 2.30. The number of pyridine rings is 1. The Labute approximate surface area is 237 Å². The molecule has 0 aliphatic rings. The van der Waals surface area contributed by atoms with E-state index in [4.69, 9.17) is 13.8 Å². The Morgan fingerprint density at radius 3 is 2.40 bits per heavy atom. The second kappa shape index (κ2) is 10.8. The molecule has 0 saturated carbocycles. The van der Waals surface area contributed by atoms with Crippen molar-refractivity contribution in [2.45, 2.75) is 60.0 Å². The fourth-order valence-electron chi connectivity index (χ4n) is 4.87. The summed E-state index contributed by atoms with van der Waals surface area (Å²) in [6, 6.07) is 13.4. The zero-order valence-corrected chi connectivity index (χ0v) is 24.4. The minimum atomic E-state index is -0.376. The van der Waals surface area contributed by atoms with Gasteiger partial charge in [0.25, 0.3) is 5.91 Å². The maximum absolute atomic E-state index is 14.0. The Morgan fingerprint density at radius 1 is 1.00 bits per heavy atom. The van der Waals surface area contributed by atoms with Crippen LogP contribution in [0.5, 0.6) is 0 Å². The van der Waals surface area contributed by atoms with Crippen LogP contribution < -0.4 is 10.6 Å². The fraction of sp³-hybridized carbons (Fsp3) is 0.281. The molecule has 0 radical (unpaired) electrons. The van der Waals surface area contributed by atoms with Crippen molar-refractivity contribution in [3.05, 3.63) is 93.6 Å². The highest BCUT2D eigenvalue weighted by Crippen LogP contribution is 2.45. The van der Waals surface area contributed by atoms with Crippen LogP contribution in [0.3, 0.4) is 0 Å². The van der Waals surface area contributed by atoms with Crippen LogP contribution in [-0.4, -0.2) is 22.2 Å². The summed E-state index contributed by atoms with van der Waals surface area (Å²) in [6.07, 6.45) is 3.40. The SMILES string of the molecule is Cc1ccc(CC(=O)c2c(C)nc3sc(C(=O)NCc4ccco4)c(NC(C)(C)C)c3c2-c2ccco2)c(C)c1. The molecule has 2 N–H and O–H groups in total. The number of carbonyl (C=O) groups is 2. The zero-order valence-electron chi connectivity index (χ0n) is 23.6. The smallest absolute Gasteiger partial charge is 0.263 e. The lowest BCUT2D eigenvalue weighted by atomic mass is 9.92. The van der Waals surface area contributed by atoms with E-state index in [2.05, 4.69) is 16.7 Å². The number of aromatic nitrogens is 1. The van der Waals surface area contributed by atoms with Crippen LogP contribution in [0.4, 0.5) is 5.69 Å². The van der Waals surface area contributed by atoms with Gasteiger partial charge in [0.15, 0.2) is 5.78 Å². The molecule has 40 heavy (non-hydrogen) atoms. The van der Waals surface area contributed by atoms with Crippen molar-refractivity contribution in [1.82, 2.24) is 10.3 Å². The van der Waals surface area contributed by atoms with E-state index in [-0.39, 0.29) is 30.2 Å². The van der Waals surface area contributed by atoms with Gasteiger partial charge in [0.05, 0.1) is 36.0 Å². The highest BCUT2D eigenvalue weighted by atomic mass is 32.1. The molecule has 0 spiro atoms. The number of hydrogen-bond acceptors (Lipinski definition) is 7. The summed E-state index contributed by atoms with van der Waals surface area (Å²) in [4.78, 5) is 33.5. The van der Waals surface area contributed by atoms with Crippen LogP contribution in [0.25, 0.3) is 21.5 Å². The van der Waals surface area contributed by atoms with Crippen LogP contribution in [0.2, 0.25) is 0 Å². The first-order chi connectivity index (χ1) is 19.0. The van der Waals surface area contributed by atoms with Crippen molar-refractivity contribution < 1.29 is 18.4 Å². The maximum Gasteiger partial charge on any atom is 0.263 e. The molecule has 4 heterocycles. The Balaban J connectivity index is 1.69. The molecule has 0 aliphatic carbocycles. The Morgan fingerprint density at radius 2 is 1.75 bits per heavy atom. The first-order valence-electron chi connectivity index (χ1n) is 13.2. The van der Waals surface area contributed by atoms with Gasteiger partial charge in [0.1, 0.15) is 21.2 Å². The molecule has 0 aliphatic heterocycles. The Bertz CT molecular complexity index is 1690. The van der Waals surface area contributed by atoms with Crippen molar-refractivity contribution in [2.24, 2.45) is 0 Å². The molecule has 0 saturated heterocycles. The molecular formula is C32H33N3O4S. The van der Waals surface area contributed by atoms with E-state index in [0.717, 1.165) is 16.7 Å². The van der Waals surface area contributed by atoms with Gasteiger partial charge in [-0.25, -0.2) is 4.98 Å². The lowest BCUT2D eigenvalue weighted by Gasteiger charge is -2.23. The maximum atomic E-state index is 14.0. The van der Waals surface area contributed by atoms with Crippen LogP contribution in [0.1, 0.15) is 68.9 Å². The van der Waals surface area contributed by atoms with Gasteiger partial charge in [-0.2, -0.15) is 0 Å². The van der Waals surface area contributed by atoms with Crippen molar-refractivity contribution >= 4 is 38.9 Å². The molecular weight excluding hydrogens is 522 g/mol. The lowest BCUT2D eigenvalue weighted by molar-refractivity contribution is 0.0951. The van der Waals surface area contributed by atoms with Gasteiger partial charge >= 0.3 is 0 Å². The summed E-state index contributed by atoms with van der Waals surface area (Å²) in [5, 5.41) is 7.19. The molecule has 5 aromatic rings. The fourth-order valence-corrected chi connectivity index (χ4v) is 5.98. The molecule has 5 rings (SSSR count). The molecule has 0 unspecified atom stereocenters. The number of thiophene rings is 1. The number of carbonyl (C=O) groups excluding carboxylic acids is 2. The molecule has 1 aromatic carbocycles. The molecule has 1 amide bonds. The predicted octanol–water partition coefficient (Wildman–Crippen LogP) is 7.64. The Hall–Kier alpha value is -4.17. The standard InChI is InChI=1S/C32H33N3O4S/c1-18-11-12-21(19(2)15-18)16-23(36)25-20(3)34-31-27(26(25)24-10-8-14-39-24)28(35-32(4,5)6)29(40-31)30(37)33-17-22-9-7-13-38-22/h7-15,35H,16-17H2,1-6H3,(H,33,37). The summed E-state index contributed by atoms with van der Waals surface area (Å²) in [7, 11) is 0. The van der Waals surface area contributed by atoms with Gasteiger partial charge in [-0.15, -0.1) is 11.3 Å². The number of benzene rings is 1. The normalized spacial score (nSPS) is 11.7. The van der Waals surface area contributed by atoms with Crippen molar-refractivity contribution in [3.63, 3.8) is 0 Å².